The summed E-state index contributed by atoms with van der Waals surface area (Å²) < 4.78 is 0. The van der Waals surface area contributed by atoms with E-state index in [4.69, 9.17) is 5.11 Å². The van der Waals surface area contributed by atoms with Gasteiger partial charge in [-0.05, 0) is 17.7 Å². The van der Waals surface area contributed by atoms with Crippen LogP contribution in [0.15, 0.2) is 24.3 Å². The highest BCUT2D eigenvalue weighted by Gasteiger charge is 2.15. The average molecular weight is 181 g/mol. The first-order chi connectivity index (χ1) is 5.86. The van der Waals surface area contributed by atoms with Crippen molar-refractivity contribution in [2.45, 2.75) is 5.37 Å². The van der Waals surface area contributed by atoms with E-state index in [-0.39, 0.29) is 0 Å². The molecule has 0 radical (unpaired) electrons. The van der Waals surface area contributed by atoms with Crippen molar-refractivity contribution < 1.29 is 5.11 Å². The van der Waals surface area contributed by atoms with Crippen LogP contribution in [0.2, 0.25) is 0 Å². The lowest BCUT2D eigenvalue weighted by atomic mass is 10.2. The summed E-state index contributed by atoms with van der Waals surface area (Å²) in [6, 6.07) is 7.39. The smallest absolute Gasteiger partial charge is 0.115 e. The largest absolute Gasteiger partial charge is 0.508 e. The van der Waals surface area contributed by atoms with Crippen molar-refractivity contribution in [3.05, 3.63) is 29.8 Å². The number of rotatable bonds is 1. The summed E-state index contributed by atoms with van der Waals surface area (Å²) in [6.07, 6.45) is 0. The number of phenolic OH excluding ortho intramolecular Hbond substituents is 1. The zero-order valence-electron chi connectivity index (χ0n) is 6.66. The first kappa shape index (κ1) is 7.95. The summed E-state index contributed by atoms with van der Waals surface area (Å²) in [5, 5.41) is 12.9. The molecule has 1 fully saturated rings. The lowest BCUT2D eigenvalue weighted by Gasteiger charge is -2.08. The van der Waals surface area contributed by atoms with Gasteiger partial charge in [0.2, 0.25) is 0 Å². The molecule has 64 valence electrons. The van der Waals surface area contributed by atoms with Crippen LogP contribution in [0.4, 0.5) is 0 Å². The molecule has 0 saturated carbocycles. The fourth-order valence-corrected chi connectivity index (χ4v) is 2.35. The lowest BCUT2D eigenvalue weighted by Crippen LogP contribution is -2.11. The fourth-order valence-electron chi connectivity index (χ4n) is 1.29. The SMILES string of the molecule is Oc1ccc(C2NCCS2)cc1. The van der Waals surface area contributed by atoms with Crippen LogP contribution < -0.4 is 5.32 Å². The topological polar surface area (TPSA) is 32.3 Å². The van der Waals surface area contributed by atoms with Gasteiger partial charge in [-0.1, -0.05) is 12.1 Å². The molecule has 1 heterocycles. The van der Waals surface area contributed by atoms with Crippen LogP contribution >= 0.6 is 11.8 Å². The Morgan fingerprint density at radius 1 is 1.33 bits per heavy atom. The first-order valence-electron chi connectivity index (χ1n) is 4.00. The van der Waals surface area contributed by atoms with Crippen molar-refractivity contribution >= 4 is 11.8 Å². The summed E-state index contributed by atoms with van der Waals surface area (Å²) in [6.45, 7) is 1.08. The maximum absolute atomic E-state index is 9.07. The first-order valence-corrected chi connectivity index (χ1v) is 5.05. The number of hydrogen-bond donors (Lipinski definition) is 2. The molecule has 1 aliphatic rings. The van der Waals surface area contributed by atoms with E-state index in [0.717, 1.165) is 6.54 Å². The Labute approximate surface area is 76.0 Å². The third-order valence-electron chi connectivity index (χ3n) is 1.91. The minimum atomic E-state index is 0.335. The van der Waals surface area contributed by atoms with E-state index in [1.807, 2.05) is 23.9 Å². The third kappa shape index (κ3) is 1.57. The van der Waals surface area contributed by atoms with Crippen LogP contribution in [0.3, 0.4) is 0 Å². The molecule has 1 unspecified atom stereocenters. The Morgan fingerprint density at radius 3 is 2.67 bits per heavy atom. The number of aromatic hydroxyl groups is 1. The van der Waals surface area contributed by atoms with Gasteiger partial charge in [0.15, 0.2) is 0 Å². The van der Waals surface area contributed by atoms with E-state index in [1.165, 1.54) is 11.3 Å². The molecule has 0 aromatic heterocycles. The van der Waals surface area contributed by atoms with Crippen LogP contribution in [0.25, 0.3) is 0 Å². The van der Waals surface area contributed by atoms with Crippen molar-refractivity contribution in [3.8, 4) is 5.75 Å². The van der Waals surface area contributed by atoms with Crippen molar-refractivity contribution in [3.63, 3.8) is 0 Å². The van der Waals surface area contributed by atoms with Gasteiger partial charge in [0.25, 0.3) is 0 Å². The second-order valence-corrected chi connectivity index (χ2v) is 4.01. The predicted molar refractivity (Wildman–Crippen MR) is 51.3 cm³/mol. The van der Waals surface area contributed by atoms with Gasteiger partial charge in [-0.15, -0.1) is 11.8 Å². The summed E-state index contributed by atoms with van der Waals surface area (Å²) in [5.41, 5.74) is 1.25. The van der Waals surface area contributed by atoms with E-state index in [1.54, 1.807) is 12.1 Å². The second kappa shape index (κ2) is 3.37. The molecule has 3 heteroatoms. The molecule has 12 heavy (non-hydrogen) atoms. The van der Waals surface area contributed by atoms with Gasteiger partial charge in [0.05, 0.1) is 5.37 Å². The van der Waals surface area contributed by atoms with Crippen molar-refractivity contribution in [1.82, 2.24) is 5.32 Å². The molecule has 1 aromatic rings. The Morgan fingerprint density at radius 2 is 2.08 bits per heavy atom. The zero-order chi connectivity index (χ0) is 8.39. The van der Waals surface area contributed by atoms with Gasteiger partial charge in [-0.2, -0.15) is 0 Å². The van der Waals surface area contributed by atoms with E-state index in [2.05, 4.69) is 5.32 Å². The normalized spacial score (nSPS) is 22.8. The standard InChI is InChI=1S/C9H11NOS/c11-8-3-1-7(2-4-8)9-10-5-6-12-9/h1-4,9-11H,5-6H2. The number of phenols is 1. The highest BCUT2D eigenvalue weighted by atomic mass is 32.2. The van der Waals surface area contributed by atoms with Crippen LogP contribution in [0, 0.1) is 0 Å². The Kier molecular flexibility index (Phi) is 2.23. The van der Waals surface area contributed by atoms with E-state index in [0.29, 0.717) is 11.1 Å². The van der Waals surface area contributed by atoms with Crippen LogP contribution in [-0.4, -0.2) is 17.4 Å². The maximum Gasteiger partial charge on any atom is 0.115 e. The average Bonchev–Trinajstić information content (AvgIpc) is 2.58. The highest BCUT2D eigenvalue weighted by molar-refractivity contribution is 7.99. The summed E-state index contributed by atoms with van der Waals surface area (Å²) in [7, 11) is 0. The predicted octanol–water partition coefficient (Wildman–Crippen LogP) is 1.73. The Hall–Kier alpha value is -0.670. The van der Waals surface area contributed by atoms with Gasteiger partial charge in [0.1, 0.15) is 5.75 Å². The molecule has 1 aliphatic heterocycles. The van der Waals surface area contributed by atoms with Gasteiger partial charge in [-0.25, -0.2) is 0 Å². The molecule has 1 saturated heterocycles. The van der Waals surface area contributed by atoms with Gasteiger partial charge >= 0.3 is 0 Å². The number of nitrogens with one attached hydrogen (secondary N) is 1. The highest BCUT2D eigenvalue weighted by Crippen LogP contribution is 2.30. The number of thioether (sulfide) groups is 1. The zero-order valence-corrected chi connectivity index (χ0v) is 7.47. The molecule has 0 spiro atoms. The van der Waals surface area contributed by atoms with Crippen molar-refractivity contribution in [1.29, 1.82) is 0 Å². The lowest BCUT2D eigenvalue weighted by molar-refractivity contribution is 0.475. The van der Waals surface area contributed by atoms with E-state index >= 15 is 0 Å². The van der Waals surface area contributed by atoms with Crippen LogP contribution in [0.5, 0.6) is 5.75 Å². The van der Waals surface area contributed by atoms with Crippen LogP contribution in [-0.2, 0) is 0 Å². The molecule has 1 aromatic carbocycles. The molecule has 0 aliphatic carbocycles. The van der Waals surface area contributed by atoms with Crippen molar-refractivity contribution in [2.24, 2.45) is 0 Å². The van der Waals surface area contributed by atoms with Crippen molar-refractivity contribution in [2.75, 3.05) is 12.3 Å². The molecule has 2 N–H and O–H groups in total. The molecule has 1 atom stereocenters. The monoisotopic (exact) mass is 181 g/mol. The fraction of sp³-hybridized carbons (Fsp3) is 0.333. The number of benzene rings is 1. The molecule has 2 rings (SSSR count). The number of hydrogen-bond acceptors (Lipinski definition) is 3. The maximum atomic E-state index is 9.07. The van der Waals surface area contributed by atoms with Gasteiger partial charge in [0, 0.05) is 12.3 Å². The summed E-state index contributed by atoms with van der Waals surface area (Å²) >= 11 is 1.91. The van der Waals surface area contributed by atoms with Gasteiger partial charge < -0.3 is 10.4 Å². The molecule has 2 nitrogen and oxygen atoms in total. The second-order valence-electron chi connectivity index (χ2n) is 2.80. The minimum Gasteiger partial charge on any atom is -0.508 e. The Balaban J connectivity index is 2.17. The third-order valence-corrected chi connectivity index (χ3v) is 3.12. The van der Waals surface area contributed by atoms with Crippen LogP contribution in [0.1, 0.15) is 10.9 Å². The molecular weight excluding hydrogens is 170 g/mol. The van der Waals surface area contributed by atoms with E-state index in [9.17, 15) is 0 Å². The summed E-state index contributed by atoms with van der Waals surface area (Å²) in [5.74, 6) is 1.51. The quantitative estimate of drug-likeness (QED) is 0.692. The molecule has 0 amide bonds. The summed E-state index contributed by atoms with van der Waals surface area (Å²) in [4.78, 5) is 0. The van der Waals surface area contributed by atoms with Gasteiger partial charge in [-0.3, -0.25) is 0 Å². The minimum absolute atomic E-state index is 0.335. The Bertz CT molecular complexity index is 254. The van der Waals surface area contributed by atoms with E-state index < -0.39 is 0 Å². The molecular formula is C9H11NOS. The molecule has 0 bridgehead atoms.